The van der Waals surface area contributed by atoms with E-state index in [1.54, 1.807) is 0 Å². The maximum atomic E-state index is 10.6. The number of hydrogen-bond donors (Lipinski definition) is 0. The summed E-state index contributed by atoms with van der Waals surface area (Å²) in [4.78, 5) is 10.6. The van der Waals surface area contributed by atoms with Crippen molar-refractivity contribution in [3.63, 3.8) is 0 Å². The van der Waals surface area contributed by atoms with E-state index in [1.807, 2.05) is 6.92 Å². The number of allylic oxidation sites excluding steroid dienone is 4. The molecule has 0 aromatic heterocycles. The molecule has 0 fully saturated rings. The average molecular weight is 206 g/mol. The molecule has 0 spiro atoms. The minimum absolute atomic E-state index is 0.388. The molecule has 1 nitrogen and oxygen atoms in total. The van der Waals surface area contributed by atoms with Crippen LogP contribution in [0.1, 0.15) is 46.5 Å². The number of aldehydes is 1. The molecule has 2 atom stereocenters. The lowest BCUT2D eigenvalue weighted by Gasteiger charge is -2.39. The van der Waals surface area contributed by atoms with Gasteiger partial charge in [0.2, 0.25) is 0 Å². The van der Waals surface area contributed by atoms with Crippen LogP contribution >= 0.6 is 0 Å². The monoisotopic (exact) mass is 206 g/mol. The molecule has 1 aliphatic rings. The summed E-state index contributed by atoms with van der Waals surface area (Å²) in [6.07, 6.45) is 12.3. The first-order valence-corrected chi connectivity index (χ1v) is 5.93. The molecule has 0 saturated carbocycles. The van der Waals surface area contributed by atoms with Gasteiger partial charge in [-0.05, 0) is 49.5 Å². The fourth-order valence-electron chi connectivity index (χ4n) is 2.45. The second-order valence-corrected chi connectivity index (χ2v) is 4.74. The van der Waals surface area contributed by atoms with E-state index in [1.165, 1.54) is 19.3 Å². The fourth-order valence-corrected chi connectivity index (χ4v) is 2.45. The molecule has 1 rings (SSSR count). The summed E-state index contributed by atoms with van der Waals surface area (Å²) in [5.74, 6) is 0.631. The van der Waals surface area contributed by atoms with E-state index < -0.39 is 0 Å². The predicted molar refractivity (Wildman–Crippen MR) is 64.7 cm³/mol. The van der Waals surface area contributed by atoms with Crippen molar-refractivity contribution in [2.45, 2.75) is 46.5 Å². The zero-order valence-electron chi connectivity index (χ0n) is 10.1. The molecule has 0 aromatic rings. The van der Waals surface area contributed by atoms with Gasteiger partial charge >= 0.3 is 0 Å². The molecule has 0 aliphatic heterocycles. The first kappa shape index (κ1) is 12.2. The Kier molecular flexibility index (Phi) is 4.31. The van der Waals surface area contributed by atoms with Gasteiger partial charge in [-0.25, -0.2) is 0 Å². The van der Waals surface area contributed by atoms with Gasteiger partial charge in [0.1, 0.15) is 6.29 Å². The van der Waals surface area contributed by atoms with E-state index >= 15 is 0 Å². The Balaban J connectivity index is 2.76. The van der Waals surface area contributed by atoms with Gasteiger partial charge < -0.3 is 0 Å². The zero-order chi connectivity index (χ0) is 11.3. The van der Waals surface area contributed by atoms with Crippen LogP contribution in [0.4, 0.5) is 0 Å². The fraction of sp³-hybridized carbons (Fsp3) is 0.643. The molecular weight excluding hydrogens is 184 g/mol. The number of carbonyl (C=O) groups excluding carboxylic acids is 1. The minimum Gasteiger partial charge on any atom is -0.298 e. The molecule has 0 radical (unpaired) electrons. The molecule has 0 aromatic carbocycles. The molecule has 1 heteroatoms. The van der Waals surface area contributed by atoms with Gasteiger partial charge in [-0.3, -0.25) is 4.79 Å². The second kappa shape index (κ2) is 5.29. The van der Waals surface area contributed by atoms with Crippen LogP contribution in [0.15, 0.2) is 23.8 Å². The van der Waals surface area contributed by atoms with Gasteiger partial charge in [0, 0.05) is 0 Å². The number of hydrogen-bond acceptors (Lipinski definition) is 1. The van der Waals surface area contributed by atoms with Crippen LogP contribution in [0.2, 0.25) is 0 Å². The highest BCUT2D eigenvalue weighted by atomic mass is 16.1. The molecular formula is C14H22O. The highest BCUT2D eigenvalue weighted by Gasteiger charge is 2.33. The van der Waals surface area contributed by atoms with Crippen LogP contribution in [-0.4, -0.2) is 6.29 Å². The summed E-state index contributed by atoms with van der Waals surface area (Å²) in [7, 11) is 0. The molecule has 1 aliphatic carbocycles. The van der Waals surface area contributed by atoms with Crippen molar-refractivity contribution in [3.05, 3.63) is 23.8 Å². The summed E-state index contributed by atoms with van der Waals surface area (Å²) >= 11 is 0. The van der Waals surface area contributed by atoms with Crippen LogP contribution in [0.5, 0.6) is 0 Å². The van der Waals surface area contributed by atoms with Gasteiger partial charge in [-0.15, -0.1) is 0 Å². The Bertz CT molecular complexity index is 275. The molecule has 0 bridgehead atoms. The second-order valence-electron chi connectivity index (χ2n) is 4.74. The van der Waals surface area contributed by atoms with E-state index in [9.17, 15) is 4.79 Å². The lowest BCUT2D eigenvalue weighted by atomic mass is 9.66. The molecule has 84 valence electrons. The van der Waals surface area contributed by atoms with E-state index in [-0.39, 0.29) is 0 Å². The third-order valence-corrected chi connectivity index (χ3v) is 3.92. The topological polar surface area (TPSA) is 17.1 Å². The SMILES string of the molecule is CCC1(CC=C(C)C=O)CCC=CC1C. The summed E-state index contributed by atoms with van der Waals surface area (Å²) in [6, 6.07) is 0. The third kappa shape index (κ3) is 2.80. The van der Waals surface area contributed by atoms with Crippen LogP contribution in [-0.2, 0) is 4.79 Å². The highest BCUT2D eigenvalue weighted by molar-refractivity contribution is 5.71. The van der Waals surface area contributed by atoms with Crippen LogP contribution in [0, 0.1) is 11.3 Å². The molecule has 15 heavy (non-hydrogen) atoms. The predicted octanol–water partition coefficient (Wildman–Crippen LogP) is 3.90. The smallest absolute Gasteiger partial charge is 0.145 e. The minimum atomic E-state index is 0.388. The number of rotatable bonds is 4. The van der Waals surface area contributed by atoms with Crippen molar-refractivity contribution in [1.29, 1.82) is 0 Å². The van der Waals surface area contributed by atoms with Gasteiger partial charge in [0.25, 0.3) is 0 Å². The third-order valence-electron chi connectivity index (χ3n) is 3.92. The van der Waals surface area contributed by atoms with Gasteiger partial charge in [0.15, 0.2) is 0 Å². The lowest BCUT2D eigenvalue weighted by Crippen LogP contribution is -2.28. The Hall–Kier alpha value is -0.850. The number of carbonyl (C=O) groups is 1. The van der Waals surface area contributed by atoms with Crippen LogP contribution in [0.3, 0.4) is 0 Å². The van der Waals surface area contributed by atoms with E-state index in [4.69, 9.17) is 0 Å². The van der Waals surface area contributed by atoms with E-state index in [0.29, 0.717) is 11.3 Å². The first-order valence-electron chi connectivity index (χ1n) is 5.93. The van der Waals surface area contributed by atoms with Gasteiger partial charge in [-0.2, -0.15) is 0 Å². The standard InChI is InChI=1S/C14H22O/c1-4-14(10-8-12(2)11-15)9-6-5-7-13(14)3/h5,7-8,11,13H,4,6,9-10H2,1-3H3. The summed E-state index contributed by atoms with van der Waals surface area (Å²) in [5.41, 5.74) is 1.25. The van der Waals surface area contributed by atoms with Crippen molar-refractivity contribution in [2.75, 3.05) is 0 Å². The average Bonchev–Trinajstić information content (AvgIpc) is 2.28. The quantitative estimate of drug-likeness (QED) is 0.387. The van der Waals surface area contributed by atoms with Crippen LogP contribution < -0.4 is 0 Å². The Morgan fingerprint density at radius 2 is 2.33 bits per heavy atom. The Morgan fingerprint density at radius 1 is 1.60 bits per heavy atom. The lowest BCUT2D eigenvalue weighted by molar-refractivity contribution is -0.104. The maximum absolute atomic E-state index is 10.6. The molecule has 0 heterocycles. The van der Waals surface area contributed by atoms with Crippen molar-refractivity contribution in [3.8, 4) is 0 Å². The van der Waals surface area contributed by atoms with Gasteiger partial charge in [0.05, 0.1) is 0 Å². The Labute approximate surface area is 93.3 Å². The molecule has 0 saturated heterocycles. The Morgan fingerprint density at radius 3 is 2.87 bits per heavy atom. The molecule has 0 amide bonds. The zero-order valence-corrected chi connectivity index (χ0v) is 10.1. The summed E-state index contributed by atoms with van der Waals surface area (Å²) < 4.78 is 0. The van der Waals surface area contributed by atoms with Crippen LogP contribution in [0.25, 0.3) is 0 Å². The van der Waals surface area contributed by atoms with Crippen molar-refractivity contribution >= 4 is 6.29 Å². The largest absolute Gasteiger partial charge is 0.298 e. The van der Waals surface area contributed by atoms with E-state index in [0.717, 1.165) is 18.3 Å². The van der Waals surface area contributed by atoms with Crippen molar-refractivity contribution in [2.24, 2.45) is 11.3 Å². The van der Waals surface area contributed by atoms with E-state index in [2.05, 4.69) is 32.1 Å². The molecule has 2 unspecified atom stereocenters. The van der Waals surface area contributed by atoms with Gasteiger partial charge in [-0.1, -0.05) is 32.1 Å². The summed E-state index contributed by atoms with van der Waals surface area (Å²) in [5, 5.41) is 0. The highest BCUT2D eigenvalue weighted by Crippen LogP contribution is 2.43. The molecule has 0 N–H and O–H groups in total. The van der Waals surface area contributed by atoms with Crippen molar-refractivity contribution in [1.82, 2.24) is 0 Å². The normalized spacial score (nSPS) is 31.7. The summed E-state index contributed by atoms with van der Waals surface area (Å²) in [6.45, 7) is 6.45. The maximum Gasteiger partial charge on any atom is 0.145 e. The van der Waals surface area contributed by atoms with Crippen molar-refractivity contribution < 1.29 is 4.79 Å². The first-order chi connectivity index (χ1) is 7.14.